The molecule has 1 aliphatic heterocycles. The molecule has 0 radical (unpaired) electrons. The standard InChI is InChI=1S/C14H21N5O2/c1-5-16(2)10-6-7-19(9-10)12-11(8-15)13(20)18(4)14(21)17(12)3/h10H,5-7,9H2,1-4H3. The van der Waals surface area contributed by atoms with Crippen LogP contribution in [0.25, 0.3) is 0 Å². The molecule has 0 saturated carbocycles. The van der Waals surface area contributed by atoms with Gasteiger partial charge in [-0.1, -0.05) is 6.92 Å². The lowest BCUT2D eigenvalue weighted by Gasteiger charge is -2.25. The van der Waals surface area contributed by atoms with Crippen molar-refractivity contribution in [2.45, 2.75) is 19.4 Å². The highest BCUT2D eigenvalue weighted by atomic mass is 16.2. The van der Waals surface area contributed by atoms with E-state index in [9.17, 15) is 14.9 Å². The third-order valence-corrected chi connectivity index (χ3v) is 4.33. The highest BCUT2D eigenvalue weighted by Gasteiger charge is 2.29. The minimum absolute atomic E-state index is 0.0411. The first-order valence-corrected chi connectivity index (χ1v) is 7.07. The largest absolute Gasteiger partial charge is 0.355 e. The second kappa shape index (κ2) is 5.74. The fraction of sp³-hybridized carbons (Fsp3) is 0.643. The van der Waals surface area contributed by atoms with Crippen molar-refractivity contribution >= 4 is 5.82 Å². The molecular weight excluding hydrogens is 270 g/mol. The molecule has 0 spiro atoms. The number of nitriles is 1. The van der Waals surface area contributed by atoms with Crippen LogP contribution in [0, 0.1) is 11.3 Å². The lowest BCUT2D eigenvalue weighted by Crippen LogP contribution is -2.43. The van der Waals surface area contributed by atoms with E-state index < -0.39 is 11.2 Å². The Balaban J connectivity index is 2.49. The molecule has 0 amide bonds. The van der Waals surface area contributed by atoms with Gasteiger partial charge >= 0.3 is 5.69 Å². The third-order valence-electron chi connectivity index (χ3n) is 4.33. The molecule has 1 aliphatic rings. The summed E-state index contributed by atoms with van der Waals surface area (Å²) >= 11 is 0. The van der Waals surface area contributed by atoms with Crippen molar-refractivity contribution < 1.29 is 0 Å². The molecule has 0 aliphatic carbocycles. The van der Waals surface area contributed by atoms with E-state index in [0.717, 1.165) is 30.6 Å². The van der Waals surface area contributed by atoms with E-state index >= 15 is 0 Å². The van der Waals surface area contributed by atoms with Gasteiger partial charge in [-0.15, -0.1) is 0 Å². The summed E-state index contributed by atoms with van der Waals surface area (Å²) in [5.74, 6) is 0.442. The topological polar surface area (TPSA) is 74.3 Å². The van der Waals surface area contributed by atoms with Gasteiger partial charge in [-0.25, -0.2) is 4.79 Å². The summed E-state index contributed by atoms with van der Waals surface area (Å²) in [6.07, 6.45) is 0.957. The average Bonchev–Trinajstić information content (AvgIpc) is 2.97. The quantitative estimate of drug-likeness (QED) is 0.749. The minimum atomic E-state index is -0.525. The molecule has 2 rings (SSSR count). The Morgan fingerprint density at radius 3 is 2.57 bits per heavy atom. The molecule has 1 unspecified atom stereocenters. The van der Waals surface area contributed by atoms with Crippen molar-refractivity contribution in [3.8, 4) is 6.07 Å². The van der Waals surface area contributed by atoms with Gasteiger partial charge in [-0.2, -0.15) is 5.26 Å². The van der Waals surface area contributed by atoms with Crippen molar-refractivity contribution in [1.29, 1.82) is 5.26 Å². The van der Waals surface area contributed by atoms with Crippen LogP contribution in [0.2, 0.25) is 0 Å². The van der Waals surface area contributed by atoms with Gasteiger partial charge < -0.3 is 9.80 Å². The zero-order chi connectivity index (χ0) is 15.7. The summed E-state index contributed by atoms with van der Waals surface area (Å²) in [5.41, 5.74) is -0.886. The molecule has 1 aromatic heterocycles. The van der Waals surface area contributed by atoms with E-state index in [1.54, 1.807) is 7.05 Å². The lowest BCUT2D eigenvalue weighted by molar-refractivity contribution is 0.272. The van der Waals surface area contributed by atoms with Crippen LogP contribution >= 0.6 is 0 Å². The van der Waals surface area contributed by atoms with Crippen molar-refractivity contribution in [2.75, 3.05) is 31.6 Å². The molecule has 1 saturated heterocycles. The monoisotopic (exact) mass is 291 g/mol. The Hall–Kier alpha value is -2.07. The first-order chi connectivity index (χ1) is 9.92. The zero-order valence-electron chi connectivity index (χ0n) is 13.0. The highest BCUT2D eigenvalue weighted by molar-refractivity contribution is 5.54. The maximum Gasteiger partial charge on any atom is 0.332 e. The van der Waals surface area contributed by atoms with Crippen LogP contribution in [0.5, 0.6) is 0 Å². The smallest absolute Gasteiger partial charge is 0.332 e. The van der Waals surface area contributed by atoms with Gasteiger partial charge in [0.15, 0.2) is 5.56 Å². The van der Waals surface area contributed by atoms with E-state index in [-0.39, 0.29) is 5.56 Å². The Morgan fingerprint density at radius 1 is 1.33 bits per heavy atom. The molecule has 1 aromatic rings. The van der Waals surface area contributed by atoms with Crippen molar-refractivity contribution in [1.82, 2.24) is 14.0 Å². The number of anilines is 1. The summed E-state index contributed by atoms with van der Waals surface area (Å²) in [4.78, 5) is 28.4. The molecule has 0 aromatic carbocycles. The van der Waals surface area contributed by atoms with Crippen molar-refractivity contribution in [3.05, 3.63) is 26.4 Å². The molecule has 114 valence electrons. The molecule has 2 heterocycles. The predicted octanol–water partition coefficient (Wildman–Crippen LogP) is -0.514. The lowest BCUT2D eigenvalue weighted by atomic mass is 10.2. The van der Waals surface area contributed by atoms with Crippen LogP contribution in [0.3, 0.4) is 0 Å². The van der Waals surface area contributed by atoms with Gasteiger partial charge in [0.1, 0.15) is 11.9 Å². The van der Waals surface area contributed by atoms with Gasteiger partial charge in [0.05, 0.1) is 0 Å². The number of nitrogens with zero attached hydrogens (tertiary/aromatic N) is 5. The Morgan fingerprint density at radius 2 is 2.00 bits per heavy atom. The van der Waals surface area contributed by atoms with E-state index in [2.05, 4.69) is 18.9 Å². The maximum absolute atomic E-state index is 12.1. The van der Waals surface area contributed by atoms with E-state index in [1.807, 2.05) is 11.0 Å². The van der Waals surface area contributed by atoms with E-state index in [1.165, 1.54) is 11.6 Å². The zero-order valence-corrected chi connectivity index (χ0v) is 13.0. The number of likely N-dealkylation sites (N-methyl/N-ethyl adjacent to an activating group) is 1. The fourth-order valence-corrected chi connectivity index (χ4v) is 2.85. The Kier molecular flexibility index (Phi) is 4.19. The predicted molar refractivity (Wildman–Crippen MR) is 80.6 cm³/mol. The van der Waals surface area contributed by atoms with Gasteiger partial charge in [0.2, 0.25) is 0 Å². The maximum atomic E-state index is 12.1. The van der Waals surface area contributed by atoms with Crippen LogP contribution in [0.15, 0.2) is 9.59 Å². The molecule has 0 bridgehead atoms. The second-order valence-corrected chi connectivity index (χ2v) is 5.48. The van der Waals surface area contributed by atoms with E-state index in [0.29, 0.717) is 11.9 Å². The van der Waals surface area contributed by atoms with Crippen molar-refractivity contribution in [2.24, 2.45) is 14.1 Å². The summed E-state index contributed by atoms with van der Waals surface area (Å²) in [6.45, 7) is 4.50. The van der Waals surface area contributed by atoms with E-state index in [4.69, 9.17) is 0 Å². The fourth-order valence-electron chi connectivity index (χ4n) is 2.85. The number of aromatic nitrogens is 2. The summed E-state index contributed by atoms with van der Waals surface area (Å²) in [5, 5.41) is 9.30. The minimum Gasteiger partial charge on any atom is -0.355 e. The number of rotatable bonds is 3. The summed E-state index contributed by atoms with van der Waals surface area (Å²) in [7, 11) is 5.06. The van der Waals surface area contributed by atoms with Crippen LogP contribution < -0.4 is 16.1 Å². The molecule has 7 heteroatoms. The van der Waals surface area contributed by atoms with Gasteiger partial charge in [-0.3, -0.25) is 13.9 Å². The van der Waals surface area contributed by atoms with Gasteiger partial charge in [0, 0.05) is 33.2 Å². The Bertz CT molecular complexity index is 697. The Labute approximate surface area is 123 Å². The SMILES string of the molecule is CCN(C)C1CCN(c2c(C#N)c(=O)n(C)c(=O)n2C)C1. The number of hydrogen-bond donors (Lipinski definition) is 0. The molecule has 1 fully saturated rings. The normalized spacial score (nSPS) is 18.3. The van der Waals surface area contributed by atoms with Crippen LogP contribution in [0.4, 0.5) is 5.82 Å². The van der Waals surface area contributed by atoms with Crippen LogP contribution in [-0.4, -0.2) is 46.8 Å². The van der Waals surface area contributed by atoms with Gasteiger partial charge in [0.25, 0.3) is 5.56 Å². The molecule has 1 atom stereocenters. The average molecular weight is 291 g/mol. The van der Waals surface area contributed by atoms with Crippen molar-refractivity contribution in [3.63, 3.8) is 0 Å². The molecule has 0 N–H and O–H groups in total. The first-order valence-electron chi connectivity index (χ1n) is 7.07. The third kappa shape index (κ3) is 2.47. The van der Waals surface area contributed by atoms with Crippen LogP contribution in [0.1, 0.15) is 18.9 Å². The summed E-state index contributed by atoms with van der Waals surface area (Å²) < 4.78 is 2.38. The first kappa shape index (κ1) is 15.3. The number of hydrogen-bond acceptors (Lipinski definition) is 5. The molecule has 21 heavy (non-hydrogen) atoms. The summed E-state index contributed by atoms with van der Waals surface area (Å²) in [6, 6.07) is 2.34. The molecule has 7 nitrogen and oxygen atoms in total. The highest BCUT2D eigenvalue weighted by Crippen LogP contribution is 2.22. The van der Waals surface area contributed by atoms with Crippen LogP contribution in [-0.2, 0) is 14.1 Å². The van der Waals surface area contributed by atoms with Gasteiger partial charge in [-0.05, 0) is 20.0 Å². The second-order valence-electron chi connectivity index (χ2n) is 5.48. The molecular formula is C14H21N5O2.